The monoisotopic (exact) mass is 560 g/mol. The molecule has 1 unspecified atom stereocenters. The molecule has 1 saturated carbocycles. The lowest BCUT2D eigenvalue weighted by Gasteiger charge is -2.33. The highest BCUT2D eigenvalue weighted by atomic mass is 32.2. The summed E-state index contributed by atoms with van der Waals surface area (Å²) in [6.45, 7) is 0.328. The van der Waals surface area contributed by atoms with Crippen LogP contribution in [0.5, 0.6) is 11.5 Å². The molecule has 2 amide bonds. The summed E-state index contributed by atoms with van der Waals surface area (Å²) in [4.78, 5) is 29.5. The molecule has 40 heavy (non-hydrogen) atoms. The number of hydrogen-bond donors (Lipinski definition) is 1. The summed E-state index contributed by atoms with van der Waals surface area (Å²) in [5.74, 6) is 2.37. The number of nitrogens with zero attached hydrogens (tertiary/aromatic N) is 1. The minimum atomic E-state index is -0.621. The molecular weight excluding hydrogens is 520 g/mol. The molecule has 1 N–H and O–H groups in total. The molecule has 0 radical (unpaired) electrons. The van der Waals surface area contributed by atoms with Crippen molar-refractivity contribution in [1.29, 1.82) is 0 Å². The molecule has 0 bridgehead atoms. The van der Waals surface area contributed by atoms with E-state index in [1.807, 2.05) is 78.9 Å². The maximum absolute atomic E-state index is 13.9. The van der Waals surface area contributed by atoms with Gasteiger partial charge in [0.1, 0.15) is 17.5 Å². The van der Waals surface area contributed by atoms with Crippen LogP contribution in [0.4, 0.5) is 0 Å². The highest BCUT2D eigenvalue weighted by molar-refractivity contribution is 7.99. The first-order valence-electron chi connectivity index (χ1n) is 14.0. The largest absolute Gasteiger partial charge is 0.497 e. The lowest BCUT2D eigenvalue weighted by molar-refractivity contribution is -0.139. The number of thioether (sulfide) groups is 1. The number of nitrogens with one attached hydrogen (secondary N) is 1. The maximum atomic E-state index is 13.9. The van der Waals surface area contributed by atoms with Gasteiger partial charge in [0, 0.05) is 24.8 Å². The first-order chi connectivity index (χ1) is 19.6. The van der Waals surface area contributed by atoms with Gasteiger partial charge < -0.3 is 19.7 Å². The fourth-order valence-corrected chi connectivity index (χ4v) is 6.00. The Morgan fingerprint density at radius 1 is 0.850 bits per heavy atom. The molecule has 0 heterocycles. The molecule has 0 spiro atoms. The van der Waals surface area contributed by atoms with Crippen molar-refractivity contribution in [2.75, 3.05) is 20.0 Å². The molecule has 1 aliphatic rings. The Morgan fingerprint density at radius 2 is 1.55 bits per heavy atom. The third kappa shape index (κ3) is 8.78. The van der Waals surface area contributed by atoms with Gasteiger partial charge >= 0.3 is 0 Å². The second-order valence-corrected chi connectivity index (χ2v) is 11.2. The third-order valence-corrected chi connectivity index (χ3v) is 8.35. The van der Waals surface area contributed by atoms with Crippen molar-refractivity contribution < 1.29 is 19.1 Å². The van der Waals surface area contributed by atoms with E-state index >= 15 is 0 Å². The van der Waals surface area contributed by atoms with Gasteiger partial charge in [-0.1, -0.05) is 73.9 Å². The number of ether oxygens (including phenoxy) is 2. The zero-order valence-corrected chi connectivity index (χ0v) is 24.3. The van der Waals surface area contributed by atoms with Crippen molar-refractivity contribution in [3.8, 4) is 11.5 Å². The van der Waals surface area contributed by atoms with Gasteiger partial charge in [-0.25, -0.2) is 0 Å². The molecule has 3 aromatic carbocycles. The quantitative estimate of drug-likeness (QED) is 0.277. The lowest BCUT2D eigenvalue weighted by atomic mass is 9.94. The molecular formula is C33H40N2O4S. The van der Waals surface area contributed by atoms with Gasteiger partial charge in [-0.15, -0.1) is 11.8 Å². The Labute approximate surface area is 242 Å². The zero-order chi connectivity index (χ0) is 28.2. The van der Waals surface area contributed by atoms with Crippen LogP contribution in [0.25, 0.3) is 0 Å². The van der Waals surface area contributed by atoms with Gasteiger partial charge in [0.15, 0.2) is 0 Å². The van der Waals surface area contributed by atoms with E-state index < -0.39 is 6.04 Å². The summed E-state index contributed by atoms with van der Waals surface area (Å²) >= 11 is 1.56. The SMILES string of the molecule is COc1ccc(CSCC(=O)N(Cc2cccc(OC)c2)C(Cc2ccccc2)C(=O)NC2CCCCC2)cc1. The van der Waals surface area contributed by atoms with Crippen LogP contribution in [0.3, 0.4) is 0 Å². The van der Waals surface area contributed by atoms with Crippen molar-refractivity contribution in [2.24, 2.45) is 0 Å². The summed E-state index contributed by atoms with van der Waals surface area (Å²) in [5, 5.41) is 3.30. The number of amides is 2. The van der Waals surface area contributed by atoms with Crippen molar-refractivity contribution in [3.05, 3.63) is 95.6 Å². The van der Waals surface area contributed by atoms with Crippen molar-refractivity contribution in [2.45, 2.75) is 62.9 Å². The van der Waals surface area contributed by atoms with Crippen molar-refractivity contribution in [3.63, 3.8) is 0 Å². The van der Waals surface area contributed by atoms with Crippen LogP contribution in [0.1, 0.15) is 48.8 Å². The van der Waals surface area contributed by atoms with Gasteiger partial charge in [-0.05, 0) is 53.8 Å². The predicted octanol–water partition coefficient (Wildman–Crippen LogP) is 6.03. The van der Waals surface area contributed by atoms with Gasteiger partial charge in [0.05, 0.1) is 20.0 Å². The lowest BCUT2D eigenvalue weighted by Crippen LogP contribution is -2.53. The minimum Gasteiger partial charge on any atom is -0.497 e. The van der Waals surface area contributed by atoms with E-state index in [4.69, 9.17) is 9.47 Å². The number of hydrogen-bond acceptors (Lipinski definition) is 5. The standard InChI is InChI=1S/C33H40N2O4S/c1-38-29-18-16-26(17-19-29)23-40-24-32(36)35(22-27-12-9-15-30(20-27)39-2)31(21-25-10-5-3-6-11-25)33(37)34-28-13-7-4-8-14-28/h3,5-6,9-12,15-20,28,31H,4,7-8,13-14,21-24H2,1-2H3,(H,34,37). The maximum Gasteiger partial charge on any atom is 0.243 e. The van der Waals surface area contributed by atoms with Crippen LogP contribution in [-0.4, -0.2) is 48.8 Å². The normalized spacial score (nSPS) is 14.2. The van der Waals surface area contributed by atoms with E-state index in [0.29, 0.717) is 18.7 Å². The Morgan fingerprint density at radius 3 is 2.25 bits per heavy atom. The molecule has 1 fully saturated rings. The second kappa shape index (κ2) is 15.4. The van der Waals surface area contributed by atoms with Crippen LogP contribution in [0, 0.1) is 0 Å². The van der Waals surface area contributed by atoms with E-state index in [2.05, 4.69) is 5.32 Å². The second-order valence-electron chi connectivity index (χ2n) is 10.3. The number of carbonyl (C=O) groups is 2. The molecule has 6 nitrogen and oxygen atoms in total. The molecule has 7 heteroatoms. The predicted molar refractivity (Wildman–Crippen MR) is 162 cm³/mol. The topological polar surface area (TPSA) is 67.9 Å². The molecule has 4 rings (SSSR count). The highest BCUT2D eigenvalue weighted by Gasteiger charge is 2.32. The number of methoxy groups -OCH3 is 2. The molecule has 0 aromatic heterocycles. The fourth-order valence-electron chi connectivity index (χ4n) is 5.13. The summed E-state index contributed by atoms with van der Waals surface area (Å²) in [6, 6.07) is 25.1. The number of carbonyl (C=O) groups excluding carboxylic acids is 2. The highest BCUT2D eigenvalue weighted by Crippen LogP contribution is 2.23. The molecule has 3 aromatic rings. The smallest absolute Gasteiger partial charge is 0.243 e. The van der Waals surface area contributed by atoms with Crippen molar-refractivity contribution >= 4 is 23.6 Å². The minimum absolute atomic E-state index is 0.0546. The number of benzene rings is 3. The molecule has 1 atom stereocenters. The average molecular weight is 561 g/mol. The Hall–Kier alpha value is -3.45. The van der Waals surface area contributed by atoms with Crippen LogP contribution < -0.4 is 14.8 Å². The Kier molecular flexibility index (Phi) is 11.3. The van der Waals surface area contributed by atoms with Crippen LogP contribution in [-0.2, 0) is 28.3 Å². The fraction of sp³-hybridized carbons (Fsp3) is 0.394. The zero-order valence-electron chi connectivity index (χ0n) is 23.5. The first-order valence-corrected chi connectivity index (χ1v) is 15.2. The van der Waals surface area contributed by atoms with Gasteiger partial charge in [-0.2, -0.15) is 0 Å². The van der Waals surface area contributed by atoms with E-state index in [0.717, 1.165) is 53.9 Å². The number of rotatable bonds is 13. The van der Waals surface area contributed by atoms with Gasteiger partial charge in [0.2, 0.25) is 11.8 Å². The summed E-state index contributed by atoms with van der Waals surface area (Å²) < 4.78 is 10.7. The molecule has 0 aliphatic heterocycles. The van der Waals surface area contributed by atoms with E-state index in [9.17, 15) is 9.59 Å². The van der Waals surface area contributed by atoms with Gasteiger partial charge in [0.25, 0.3) is 0 Å². The summed E-state index contributed by atoms with van der Waals surface area (Å²) in [6.07, 6.45) is 5.91. The van der Waals surface area contributed by atoms with Crippen LogP contribution in [0.15, 0.2) is 78.9 Å². The van der Waals surface area contributed by atoms with Gasteiger partial charge in [-0.3, -0.25) is 9.59 Å². The summed E-state index contributed by atoms with van der Waals surface area (Å²) in [5.41, 5.74) is 3.07. The molecule has 1 aliphatic carbocycles. The third-order valence-electron chi connectivity index (χ3n) is 7.36. The average Bonchev–Trinajstić information content (AvgIpc) is 3.00. The molecule has 212 valence electrons. The Balaban J connectivity index is 1.56. The Bertz CT molecular complexity index is 1210. The van der Waals surface area contributed by atoms with E-state index in [-0.39, 0.29) is 23.6 Å². The first kappa shape index (κ1) is 29.5. The van der Waals surface area contributed by atoms with Crippen LogP contribution >= 0.6 is 11.8 Å². The van der Waals surface area contributed by atoms with Crippen LogP contribution in [0.2, 0.25) is 0 Å². The van der Waals surface area contributed by atoms with E-state index in [1.165, 1.54) is 6.42 Å². The molecule has 0 saturated heterocycles. The van der Waals surface area contributed by atoms with Crippen molar-refractivity contribution in [1.82, 2.24) is 10.2 Å². The summed E-state index contributed by atoms with van der Waals surface area (Å²) in [7, 11) is 3.28. The van der Waals surface area contributed by atoms with E-state index in [1.54, 1.807) is 30.9 Å².